The van der Waals surface area contributed by atoms with Crippen molar-refractivity contribution in [2.45, 2.75) is 25.7 Å². The Hall–Kier alpha value is -2.73. The molecule has 2 amide bonds. The molecule has 2 aromatic carbocycles. The highest BCUT2D eigenvalue weighted by atomic mass is 32.1. The summed E-state index contributed by atoms with van der Waals surface area (Å²) in [4.78, 5) is 24.2. The van der Waals surface area contributed by atoms with Crippen LogP contribution in [-0.2, 0) is 9.59 Å². The van der Waals surface area contributed by atoms with Crippen molar-refractivity contribution in [2.75, 3.05) is 0 Å². The second-order valence-corrected chi connectivity index (χ2v) is 5.90. The van der Waals surface area contributed by atoms with Crippen molar-refractivity contribution in [3.05, 3.63) is 71.8 Å². The lowest BCUT2D eigenvalue weighted by Gasteiger charge is -2.19. The minimum atomic E-state index is -0.482. The molecule has 0 heterocycles. The first-order valence-electron chi connectivity index (χ1n) is 8.11. The number of amides is 2. The summed E-state index contributed by atoms with van der Waals surface area (Å²) >= 11 is 5.03. The maximum Gasteiger partial charge on any atom is 0.250 e. The molecule has 0 aliphatic carbocycles. The maximum absolute atomic E-state index is 12.7. The molecule has 3 N–H and O–H groups in total. The van der Waals surface area contributed by atoms with Crippen molar-refractivity contribution < 1.29 is 9.59 Å². The SMILES string of the molecule is CCCC(=O)NC(=S)NNC(=O)C(c1ccccc1)c1ccccc1. The Balaban J connectivity index is 2.07. The quantitative estimate of drug-likeness (QED) is 0.570. The maximum atomic E-state index is 12.7. The molecular weight excluding hydrogens is 334 g/mol. The van der Waals surface area contributed by atoms with Crippen molar-refractivity contribution in [2.24, 2.45) is 0 Å². The number of hydrazine groups is 1. The van der Waals surface area contributed by atoms with Gasteiger partial charge in [0.15, 0.2) is 5.11 Å². The van der Waals surface area contributed by atoms with Crippen molar-refractivity contribution in [1.82, 2.24) is 16.2 Å². The van der Waals surface area contributed by atoms with Gasteiger partial charge in [0.1, 0.15) is 0 Å². The van der Waals surface area contributed by atoms with Gasteiger partial charge in [-0.25, -0.2) is 0 Å². The monoisotopic (exact) mass is 355 g/mol. The highest BCUT2D eigenvalue weighted by Crippen LogP contribution is 2.24. The van der Waals surface area contributed by atoms with Crippen molar-refractivity contribution in [3.8, 4) is 0 Å². The fourth-order valence-corrected chi connectivity index (χ4v) is 2.59. The molecular formula is C19H21N3O2S. The number of benzene rings is 2. The van der Waals surface area contributed by atoms with Crippen molar-refractivity contribution >= 4 is 29.1 Å². The van der Waals surface area contributed by atoms with Crippen LogP contribution < -0.4 is 16.2 Å². The number of nitrogens with one attached hydrogen (secondary N) is 3. The molecule has 2 aromatic rings. The molecule has 0 aliphatic heterocycles. The lowest BCUT2D eigenvalue weighted by molar-refractivity contribution is -0.123. The van der Waals surface area contributed by atoms with Crippen LogP contribution in [0, 0.1) is 0 Å². The van der Waals surface area contributed by atoms with E-state index in [2.05, 4.69) is 16.2 Å². The Morgan fingerprint density at radius 3 is 1.92 bits per heavy atom. The minimum absolute atomic E-state index is 0.0756. The van der Waals surface area contributed by atoms with Gasteiger partial charge in [-0.2, -0.15) is 0 Å². The van der Waals surface area contributed by atoms with E-state index in [0.29, 0.717) is 6.42 Å². The molecule has 6 heteroatoms. The first-order valence-corrected chi connectivity index (χ1v) is 8.52. The van der Waals surface area contributed by atoms with Crippen molar-refractivity contribution in [1.29, 1.82) is 0 Å². The van der Waals surface area contributed by atoms with E-state index in [1.807, 2.05) is 67.6 Å². The molecule has 0 bridgehead atoms. The van der Waals surface area contributed by atoms with Gasteiger partial charge >= 0.3 is 0 Å². The number of carbonyl (C=O) groups is 2. The topological polar surface area (TPSA) is 70.2 Å². The molecule has 0 fully saturated rings. The van der Waals surface area contributed by atoms with E-state index in [-0.39, 0.29) is 16.9 Å². The summed E-state index contributed by atoms with van der Waals surface area (Å²) in [6, 6.07) is 19.0. The first-order chi connectivity index (χ1) is 12.1. The molecule has 0 saturated heterocycles. The molecule has 5 nitrogen and oxygen atoms in total. The van der Waals surface area contributed by atoms with Gasteiger partial charge in [-0.3, -0.25) is 20.4 Å². The summed E-state index contributed by atoms with van der Waals surface area (Å²) in [5.41, 5.74) is 6.91. The Morgan fingerprint density at radius 2 is 1.44 bits per heavy atom. The number of carbonyl (C=O) groups excluding carboxylic acids is 2. The second-order valence-electron chi connectivity index (χ2n) is 5.50. The standard InChI is InChI=1S/C19H21N3O2S/c1-2-9-16(23)20-19(25)22-21-18(24)17(14-10-5-3-6-11-14)15-12-7-4-8-13-15/h3-8,10-13,17H,2,9H2,1H3,(H,21,24)(H2,20,22,23,25). The molecule has 0 unspecified atom stereocenters. The number of hydrogen-bond donors (Lipinski definition) is 3. The molecule has 130 valence electrons. The van der Waals surface area contributed by atoms with Crippen LogP contribution in [-0.4, -0.2) is 16.9 Å². The van der Waals surface area contributed by atoms with E-state index < -0.39 is 5.92 Å². The van der Waals surface area contributed by atoms with Crippen LogP contribution in [0.3, 0.4) is 0 Å². The van der Waals surface area contributed by atoms with E-state index in [4.69, 9.17) is 12.2 Å². The largest absolute Gasteiger partial charge is 0.302 e. The molecule has 0 spiro atoms. The first kappa shape index (κ1) is 18.6. The Kier molecular flexibility index (Phi) is 7.10. The summed E-state index contributed by atoms with van der Waals surface area (Å²) in [5, 5.41) is 2.60. The molecule has 0 saturated carbocycles. The van der Waals surface area contributed by atoms with Gasteiger partial charge in [0, 0.05) is 6.42 Å². The second kappa shape index (κ2) is 9.54. The summed E-state index contributed by atoms with van der Waals surface area (Å²) < 4.78 is 0. The van der Waals surface area contributed by atoms with Crippen LogP contribution in [0.5, 0.6) is 0 Å². The fraction of sp³-hybridized carbons (Fsp3) is 0.211. The molecule has 25 heavy (non-hydrogen) atoms. The van der Waals surface area contributed by atoms with Gasteiger partial charge in [0.25, 0.3) is 0 Å². The van der Waals surface area contributed by atoms with Gasteiger partial charge in [-0.15, -0.1) is 0 Å². The zero-order valence-corrected chi connectivity index (χ0v) is 14.8. The van der Waals surface area contributed by atoms with Crippen LogP contribution >= 0.6 is 12.2 Å². The summed E-state index contributed by atoms with van der Waals surface area (Å²) in [5.74, 6) is -0.926. The van der Waals surface area contributed by atoms with Crippen LogP contribution in [0.2, 0.25) is 0 Å². The molecule has 0 aliphatic rings. The predicted molar refractivity (Wildman–Crippen MR) is 102 cm³/mol. The molecule has 2 rings (SSSR count). The number of thiocarbonyl (C=S) groups is 1. The average molecular weight is 355 g/mol. The summed E-state index contributed by atoms with van der Waals surface area (Å²) in [6.07, 6.45) is 1.11. The van der Waals surface area contributed by atoms with Gasteiger partial charge in [0.05, 0.1) is 5.92 Å². The predicted octanol–water partition coefficient (Wildman–Crippen LogP) is 2.64. The third-order valence-corrected chi connectivity index (χ3v) is 3.76. The van der Waals surface area contributed by atoms with E-state index >= 15 is 0 Å². The molecule has 0 atom stereocenters. The minimum Gasteiger partial charge on any atom is -0.302 e. The number of hydrogen-bond acceptors (Lipinski definition) is 3. The third kappa shape index (κ3) is 5.69. The zero-order valence-electron chi connectivity index (χ0n) is 14.0. The van der Waals surface area contributed by atoms with Gasteiger partial charge in [-0.1, -0.05) is 67.6 Å². The Morgan fingerprint density at radius 1 is 0.920 bits per heavy atom. The highest BCUT2D eigenvalue weighted by molar-refractivity contribution is 7.80. The van der Waals surface area contributed by atoms with Gasteiger partial charge < -0.3 is 5.32 Å². The highest BCUT2D eigenvalue weighted by Gasteiger charge is 2.22. The van der Waals surface area contributed by atoms with Gasteiger partial charge in [-0.05, 0) is 29.8 Å². The average Bonchev–Trinajstić information content (AvgIpc) is 2.62. The lowest BCUT2D eigenvalue weighted by atomic mass is 9.91. The fourth-order valence-electron chi connectivity index (χ4n) is 2.42. The van der Waals surface area contributed by atoms with E-state index in [1.165, 1.54) is 0 Å². The summed E-state index contributed by atoms with van der Waals surface area (Å²) in [6.45, 7) is 1.90. The van der Waals surface area contributed by atoms with E-state index in [1.54, 1.807) is 0 Å². The van der Waals surface area contributed by atoms with Gasteiger partial charge in [0.2, 0.25) is 11.8 Å². The third-order valence-electron chi connectivity index (χ3n) is 3.56. The Labute approximate surface area is 152 Å². The molecule has 0 aromatic heterocycles. The van der Waals surface area contributed by atoms with E-state index in [0.717, 1.165) is 17.5 Å². The molecule has 0 radical (unpaired) electrons. The Bertz CT molecular complexity index is 680. The van der Waals surface area contributed by atoms with Crippen LogP contribution in [0.1, 0.15) is 36.8 Å². The lowest BCUT2D eigenvalue weighted by Crippen LogP contribution is -2.49. The smallest absolute Gasteiger partial charge is 0.250 e. The van der Waals surface area contributed by atoms with Crippen LogP contribution in [0.4, 0.5) is 0 Å². The summed E-state index contributed by atoms with van der Waals surface area (Å²) in [7, 11) is 0. The number of rotatable bonds is 5. The van der Waals surface area contributed by atoms with E-state index in [9.17, 15) is 9.59 Å². The van der Waals surface area contributed by atoms with Crippen LogP contribution in [0.25, 0.3) is 0 Å². The normalized spacial score (nSPS) is 10.2. The zero-order chi connectivity index (χ0) is 18.1. The van der Waals surface area contributed by atoms with Crippen LogP contribution in [0.15, 0.2) is 60.7 Å². The van der Waals surface area contributed by atoms with Crippen molar-refractivity contribution in [3.63, 3.8) is 0 Å².